The quantitative estimate of drug-likeness (QED) is 0.757. The van der Waals surface area contributed by atoms with Crippen LogP contribution in [0.3, 0.4) is 0 Å². The molecule has 1 unspecified atom stereocenters. The predicted octanol–water partition coefficient (Wildman–Crippen LogP) is 3.61. The SMILES string of the molecule is O=C(CC1CCCCC1)N1CCCC(OCc2noc(-c3ccncc3)n2)C1. The molecule has 1 aliphatic carbocycles. The van der Waals surface area contributed by atoms with Crippen LogP contribution in [0, 0.1) is 5.92 Å². The van der Waals surface area contributed by atoms with Crippen LogP contribution in [0.15, 0.2) is 29.0 Å². The maximum atomic E-state index is 12.7. The molecule has 1 atom stereocenters. The van der Waals surface area contributed by atoms with Gasteiger partial charge in [0.05, 0.1) is 6.10 Å². The molecule has 1 aliphatic heterocycles. The third kappa shape index (κ3) is 4.95. The molecule has 0 bridgehead atoms. The van der Waals surface area contributed by atoms with Crippen LogP contribution in [-0.2, 0) is 16.1 Å². The van der Waals surface area contributed by atoms with E-state index in [2.05, 4.69) is 15.1 Å². The lowest BCUT2D eigenvalue weighted by molar-refractivity contribution is -0.137. The van der Waals surface area contributed by atoms with Gasteiger partial charge in [-0.05, 0) is 43.7 Å². The topological polar surface area (TPSA) is 81.4 Å². The fourth-order valence-electron chi connectivity index (χ4n) is 4.18. The van der Waals surface area contributed by atoms with E-state index in [9.17, 15) is 4.79 Å². The molecule has 1 saturated carbocycles. The molecular weight excluding hydrogens is 356 g/mol. The number of amides is 1. The zero-order valence-electron chi connectivity index (χ0n) is 16.3. The maximum absolute atomic E-state index is 12.7. The Morgan fingerprint density at radius 3 is 2.79 bits per heavy atom. The number of carbonyl (C=O) groups excluding carboxylic acids is 1. The fourth-order valence-corrected chi connectivity index (χ4v) is 4.18. The van der Waals surface area contributed by atoms with Gasteiger partial charge >= 0.3 is 0 Å². The summed E-state index contributed by atoms with van der Waals surface area (Å²) in [5.74, 6) is 1.86. The molecule has 150 valence electrons. The van der Waals surface area contributed by atoms with Crippen LogP contribution in [0.25, 0.3) is 11.5 Å². The Labute approximate surface area is 165 Å². The van der Waals surface area contributed by atoms with Gasteiger partial charge < -0.3 is 14.2 Å². The summed E-state index contributed by atoms with van der Waals surface area (Å²) in [5.41, 5.74) is 0.839. The van der Waals surface area contributed by atoms with Gasteiger partial charge in [-0.15, -0.1) is 0 Å². The molecule has 2 fully saturated rings. The second-order valence-corrected chi connectivity index (χ2v) is 7.87. The standard InChI is InChI=1S/C21H28N4O3/c26-20(13-16-5-2-1-3-6-16)25-12-4-7-18(14-25)27-15-19-23-21(28-24-19)17-8-10-22-11-9-17/h8-11,16,18H,1-7,12-15H2. The average molecular weight is 384 g/mol. The summed E-state index contributed by atoms with van der Waals surface area (Å²) < 4.78 is 11.3. The largest absolute Gasteiger partial charge is 0.368 e. The predicted molar refractivity (Wildman–Crippen MR) is 103 cm³/mol. The zero-order valence-corrected chi connectivity index (χ0v) is 16.3. The van der Waals surface area contributed by atoms with Gasteiger partial charge in [0.15, 0.2) is 5.82 Å². The van der Waals surface area contributed by atoms with Crippen molar-refractivity contribution >= 4 is 5.91 Å². The third-order valence-corrected chi connectivity index (χ3v) is 5.76. The normalized spacial score (nSPS) is 21.0. The molecule has 4 rings (SSSR count). The number of pyridine rings is 1. The molecule has 1 amide bonds. The Hall–Kier alpha value is -2.28. The monoisotopic (exact) mass is 384 g/mol. The first kappa shape index (κ1) is 19.1. The van der Waals surface area contributed by atoms with Crippen molar-refractivity contribution in [1.29, 1.82) is 0 Å². The van der Waals surface area contributed by atoms with Crippen molar-refractivity contribution in [2.45, 2.75) is 64.1 Å². The summed E-state index contributed by atoms with van der Waals surface area (Å²) in [6.07, 6.45) is 12.3. The molecule has 28 heavy (non-hydrogen) atoms. The highest BCUT2D eigenvalue weighted by molar-refractivity contribution is 5.76. The lowest BCUT2D eigenvalue weighted by atomic mass is 9.86. The van der Waals surface area contributed by atoms with E-state index >= 15 is 0 Å². The smallest absolute Gasteiger partial charge is 0.258 e. The molecule has 0 radical (unpaired) electrons. The lowest BCUT2D eigenvalue weighted by Gasteiger charge is -2.34. The van der Waals surface area contributed by atoms with E-state index in [0.717, 1.165) is 24.9 Å². The number of hydrogen-bond donors (Lipinski definition) is 0. The highest BCUT2D eigenvalue weighted by atomic mass is 16.5. The van der Waals surface area contributed by atoms with E-state index in [4.69, 9.17) is 9.26 Å². The Bertz CT molecular complexity index is 758. The second kappa shape index (κ2) is 9.28. The van der Waals surface area contributed by atoms with Gasteiger partial charge in [-0.25, -0.2) is 0 Å². The second-order valence-electron chi connectivity index (χ2n) is 7.87. The highest BCUT2D eigenvalue weighted by Crippen LogP contribution is 2.27. The van der Waals surface area contributed by atoms with Crippen molar-refractivity contribution in [3.8, 4) is 11.5 Å². The Morgan fingerprint density at radius 2 is 1.96 bits per heavy atom. The summed E-state index contributed by atoms with van der Waals surface area (Å²) in [6, 6.07) is 3.66. The van der Waals surface area contributed by atoms with E-state index in [1.807, 2.05) is 17.0 Å². The molecule has 7 heteroatoms. The number of carbonyl (C=O) groups is 1. The van der Waals surface area contributed by atoms with Gasteiger partial charge in [0.25, 0.3) is 5.89 Å². The summed E-state index contributed by atoms with van der Waals surface area (Å²) in [4.78, 5) is 23.0. The van der Waals surface area contributed by atoms with Crippen molar-refractivity contribution < 1.29 is 14.1 Å². The highest BCUT2D eigenvalue weighted by Gasteiger charge is 2.27. The molecule has 2 aromatic rings. The van der Waals surface area contributed by atoms with Crippen LogP contribution in [0.4, 0.5) is 0 Å². The van der Waals surface area contributed by atoms with E-state index in [1.54, 1.807) is 12.4 Å². The molecule has 2 aliphatic rings. The van der Waals surface area contributed by atoms with E-state index in [0.29, 0.717) is 43.1 Å². The number of likely N-dealkylation sites (tertiary alicyclic amines) is 1. The Kier molecular flexibility index (Phi) is 6.31. The minimum absolute atomic E-state index is 0.0342. The third-order valence-electron chi connectivity index (χ3n) is 5.76. The van der Waals surface area contributed by atoms with Crippen LogP contribution in [0.1, 0.15) is 57.2 Å². The zero-order chi connectivity index (χ0) is 19.2. The van der Waals surface area contributed by atoms with Crippen LogP contribution >= 0.6 is 0 Å². The molecule has 1 saturated heterocycles. The van der Waals surface area contributed by atoms with Gasteiger partial charge in [-0.3, -0.25) is 9.78 Å². The van der Waals surface area contributed by atoms with Crippen molar-refractivity contribution in [2.75, 3.05) is 13.1 Å². The summed E-state index contributed by atoms with van der Waals surface area (Å²) in [7, 11) is 0. The number of aromatic nitrogens is 3. The van der Waals surface area contributed by atoms with Crippen molar-refractivity contribution in [2.24, 2.45) is 5.92 Å². The number of hydrogen-bond acceptors (Lipinski definition) is 6. The van der Waals surface area contributed by atoms with Gasteiger partial charge in [-0.2, -0.15) is 4.98 Å². The van der Waals surface area contributed by atoms with Crippen LogP contribution < -0.4 is 0 Å². The first-order valence-electron chi connectivity index (χ1n) is 10.4. The van der Waals surface area contributed by atoms with Crippen molar-refractivity contribution in [3.63, 3.8) is 0 Å². The number of piperidine rings is 1. The van der Waals surface area contributed by atoms with Crippen LogP contribution in [0.5, 0.6) is 0 Å². The number of ether oxygens (including phenoxy) is 1. The fraction of sp³-hybridized carbons (Fsp3) is 0.619. The Morgan fingerprint density at radius 1 is 1.14 bits per heavy atom. The molecule has 2 aromatic heterocycles. The van der Waals surface area contributed by atoms with E-state index < -0.39 is 0 Å². The first-order valence-corrected chi connectivity index (χ1v) is 10.4. The molecule has 3 heterocycles. The van der Waals surface area contributed by atoms with Gasteiger partial charge in [0.2, 0.25) is 5.91 Å². The summed E-state index contributed by atoms with van der Waals surface area (Å²) in [5, 5.41) is 4.00. The molecule has 0 spiro atoms. The van der Waals surface area contributed by atoms with Crippen molar-refractivity contribution in [3.05, 3.63) is 30.4 Å². The minimum Gasteiger partial charge on any atom is -0.368 e. The molecule has 7 nitrogen and oxygen atoms in total. The summed E-state index contributed by atoms with van der Waals surface area (Å²) >= 11 is 0. The van der Waals surface area contributed by atoms with E-state index in [-0.39, 0.29) is 6.10 Å². The van der Waals surface area contributed by atoms with Crippen molar-refractivity contribution in [1.82, 2.24) is 20.0 Å². The maximum Gasteiger partial charge on any atom is 0.258 e. The van der Waals surface area contributed by atoms with E-state index in [1.165, 1.54) is 32.1 Å². The average Bonchev–Trinajstić information content (AvgIpc) is 3.23. The van der Waals surface area contributed by atoms with Gasteiger partial charge in [-0.1, -0.05) is 24.4 Å². The molecule has 0 aromatic carbocycles. The minimum atomic E-state index is 0.0342. The number of rotatable bonds is 6. The molecular formula is C21H28N4O3. The summed E-state index contributed by atoms with van der Waals surface area (Å²) in [6.45, 7) is 1.81. The number of nitrogens with zero attached hydrogens (tertiary/aromatic N) is 4. The first-order chi connectivity index (χ1) is 13.8. The van der Waals surface area contributed by atoms with Gasteiger partial charge in [0, 0.05) is 37.5 Å². The van der Waals surface area contributed by atoms with Gasteiger partial charge in [0.1, 0.15) is 6.61 Å². The molecule has 0 N–H and O–H groups in total. The van der Waals surface area contributed by atoms with Crippen LogP contribution in [0.2, 0.25) is 0 Å². The Balaban J connectivity index is 1.26. The van der Waals surface area contributed by atoms with Crippen LogP contribution in [-0.4, -0.2) is 45.1 Å². The lowest BCUT2D eigenvalue weighted by Crippen LogP contribution is -2.43.